The van der Waals surface area contributed by atoms with Crippen molar-refractivity contribution in [3.05, 3.63) is 149 Å². The molecule has 0 saturated carbocycles. The Morgan fingerprint density at radius 3 is 2.04 bits per heavy atom. The van der Waals surface area contributed by atoms with Gasteiger partial charge in [0.25, 0.3) is 0 Å². The molecule has 0 aliphatic carbocycles. The number of ketones is 1. The van der Waals surface area contributed by atoms with Gasteiger partial charge in [-0.25, -0.2) is 4.98 Å². The Hall–Kier alpha value is -5.70. The third-order valence-corrected chi connectivity index (χ3v) is 8.56. The number of imidazole rings is 1. The smallest absolute Gasteiger partial charge is 0.305 e. The number of nitrogens with zero attached hydrogens (tertiary/aromatic N) is 3. The summed E-state index contributed by atoms with van der Waals surface area (Å²) in [5.74, 6) is -0.827. The number of carbonyl (C=O) groups excluding carboxylic acids is 2. The molecule has 9 heteroatoms. The lowest BCUT2D eigenvalue weighted by atomic mass is 9.76. The van der Waals surface area contributed by atoms with Crippen LogP contribution in [0.5, 0.6) is 0 Å². The molecule has 0 spiro atoms. The van der Waals surface area contributed by atoms with Gasteiger partial charge in [0, 0.05) is 50.2 Å². The third-order valence-electron chi connectivity index (χ3n) is 8.56. The number of nitrogens with one attached hydrogen (secondary N) is 2. The number of benzene rings is 4. The Balaban J connectivity index is 1.33. The van der Waals surface area contributed by atoms with Gasteiger partial charge in [-0.1, -0.05) is 97.1 Å². The first-order valence-corrected chi connectivity index (χ1v) is 15.2. The monoisotopic (exact) mass is 613 g/mol. The maximum absolute atomic E-state index is 13.0. The standard InChI is InChI=1S/C37H35N5O4/c1-41-31-23-26(17-18-30(31)33(43)24-32(41)35(46)38-20-19-34(44)45)25-40-36-39-21-22-42(36)37(27-11-5-2-6-12-27,28-13-7-3-8-14-28)29-15-9-4-10-16-29/h2-18,21-23,32H,19-20,24-25H2,1H3,(H,38,46)(H,39,40)(H,44,45)/t32-/m0/s1. The summed E-state index contributed by atoms with van der Waals surface area (Å²) in [5, 5.41) is 15.1. The summed E-state index contributed by atoms with van der Waals surface area (Å²) in [6.45, 7) is 0.419. The maximum atomic E-state index is 13.0. The van der Waals surface area contributed by atoms with Gasteiger partial charge in [0.2, 0.25) is 11.9 Å². The minimum absolute atomic E-state index is 0.00654. The van der Waals surface area contributed by atoms with E-state index >= 15 is 0 Å². The average Bonchev–Trinajstić information content (AvgIpc) is 3.56. The normalized spacial score (nSPS) is 14.4. The Bertz CT molecular complexity index is 1740. The maximum Gasteiger partial charge on any atom is 0.305 e. The largest absolute Gasteiger partial charge is 0.481 e. The lowest BCUT2D eigenvalue weighted by Gasteiger charge is -2.38. The van der Waals surface area contributed by atoms with Crippen molar-refractivity contribution in [1.29, 1.82) is 0 Å². The lowest BCUT2D eigenvalue weighted by molar-refractivity contribution is -0.137. The topological polar surface area (TPSA) is 117 Å². The van der Waals surface area contributed by atoms with Crippen molar-refractivity contribution in [3.8, 4) is 0 Å². The Morgan fingerprint density at radius 1 is 0.891 bits per heavy atom. The Kier molecular flexibility index (Phi) is 8.65. The van der Waals surface area contributed by atoms with Gasteiger partial charge >= 0.3 is 5.97 Å². The molecule has 232 valence electrons. The van der Waals surface area contributed by atoms with Crippen molar-refractivity contribution in [2.24, 2.45) is 0 Å². The molecule has 2 heterocycles. The summed E-state index contributed by atoms with van der Waals surface area (Å²) >= 11 is 0. The highest BCUT2D eigenvalue weighted by Gasteiger charge is 2.40. The van der Waals surface area contributed by atoms with E-state index in [4.69, 9.17) is 10.1 Å². The number of carbonyl (C=O) groups is 3. The van der Waals surface area contributed by atoms with Gasteiger partial charge < -0.3 is 20.6 Å². The van der Waals surface area contributed by atoms with Crippen LogP contribution in [0.4, 0.5) is 11.6 Å². The summed E-state index contributed by atoms with van der Waals surface area (Å²) < 4.78 is 2.17. The van der Waals surface area contributed by atoms with E-state index in [9.17, 15) is 14.4 Å². The first kappa shape index (κ1) is 30.3. The van der Waals surface area contributed by atoms with Crippen LogP contribution in [-0.2, 0) is 21.7 Å². The van der Waals surface area contributed by atoms with Gasteiger partial charge in [-0.3, -0.25) is 19.0 Å². The number of carboxylic acid groups (broad SMARTS) is 1. The summed E-state index contributed by atoms with van der Waals surface area (Å²) in [6.07, 6.45) is 3.62. The van der Waals surface area contributed by atoms with E-state index in [-0.39, 0.29) is 31.1 Å². The van der Waals surface area contributed by atoms with Crippen LogP contribution in [0.15, 0.2) is 122 Å². The summed E-state index contributed by atoms with van der Waals surface area (Å²) in [6, 6.07) is 36.0. The molecule has 1 aliphatic rings. The molecule has 0 fully saturated rings. The van der Waals surface area contributed by atoms with Crippen LogP contribution in [0.25, 0.3) is 0 Å². The second-order valence-electron chi connectivity index (χ2n) is 11.3. The Labute approximate surface area is 267 Å². The van der Waals surface area contributed by atoms with E-state index in [1.54, 1.807) is 24.2 Å². The second-order valence-corrected chi connectivity index (χ2v) is 11.3. The molecule has 3 N–H and O–H groups in total. The molecule has 0 unspecified atom stereocenters. The molecule has 0 saturated heterocycles. The number of anilines is 2. The number of carboxylic acids is 1. The van der Waals surface area contributed by atoms with Crippen LogP contribution in [0.2, 0.25) is 0 Å². The minimum Gasteiger partial charge on any atom is -0.481 e. The van der Waals surface area contributed by atoms with E-state index in [0.29, 0.717) is 23.7 Å². The van der Waals surface area contributed by atoms with Gasteiger partial charge in [-0.05, 0) is 34.4 Å². The number of aliphatic carboxylic acids is 1. The number of amides is 1. The van der Waals surface area contributed by atoms with Crippen molar-refractivity contribution in [3.63, 3.8) is 0 Å². The molecule has 4 aromatic carbocycles. The van der Waals surface area contributed by atoms with Crippen molar-refractivity contribution in [1.82, 2.24) is 14.9 Å². The van der Waals surface area contributed by atoms with E-state index < -0.39 is 17.6 Å². The number of hydrogen-bond acceptors (Lipinski definition) is 6. The molecule has 5 aromatic rings. The minimum atomic E-state index is -0.995. The quantitative estimate of drug-likeness (QED) is 0.173. The molecule has 0 bridgehead atoms. The van der Waals surface area contributed by atoms with Crippen molar-refractivity contribution in [2.75, 3.05) is 23.8 Å². The summed E-state index contributed by atoms with van der Waals surface area (Å²) in [4.78, 5) is 43.3. The van der Waals surface area contributed by atoms with E-state index in [1.807, 2.05) is 72.9 Å². The number of hydrogen-bond donors (Lipinski definition) is 3. The van der Waals surface area contributed by atoms with Crippen LogP contribution < -0.4 is 15.5 Å². The molecule has 0 radical (unpaired) electrons. The molecular weight excluding hydrogens is 578 g/mol. The molecule has 1 amide bonds. The zero-order valence-corrected chi connectivity index (χ0v) is 25.5. The third kappa shape index (κ3) is 5.75. The number of rotatable bonds is 11. The van der Waals surface area contributed by atoms with Gasteiger partial charge in [-0.2, -0.15) is 0 Å². The van der Waals surface area contributed by atoms with E-state index in [1.165, 1.54) is 0 Å². The fourth-order valence-electron chi connectivity index (χ4n) is 6.33. The van der Waals surface area contributed by atoms with E-state index in [0.717, 1.165) is 22.3 Å². The van der Waals surface area contributed by atoms with E-state index in [2.05, 4.69) is 51.6 Å². The molecule has 46 heavy (non-hydrogen) atoms. The molecule has 1 aliphatic heterocycles. The zero-order chi connectivity index (χ0) is 32.1. The molecule has 9 nitrogen and oxygen atoms in total. The Morgan fingerprint density at radius 2 is 1.48 bits per heavy atom. The highest BCUT2D eigenvalue weighted by atomic mass is 16.4. The van der Waals surface area contributed by atoms with Crippen LogP contribution in [0, 0.1) is 0 Å². The van der Waals surface area contributed by atoms with Gasteiger partial charge in [-0.15, -0.1) is 0 Å². The molecule has 1 atom stereocenters. The van der Waals surface area contributed by atoms with Crippen molar-refractivity contribution < 1.29 is 19.5 Å². The SMILES string of the molecule is CN1c2cc(CNc3nccn3C(c3ccccc3)(c3ccccc3)c3ccccc3)ccc2C(=O)C[C@H]1C(=O)NCCC(=O)O. The van der Waals surface area contributed by atoms with Crippen LogP contribution in [-0.4, -0.2) is 52.0 Å². The molecule has 1 aromatic heterocycles. The fraction of sp³-hybridized carbons (Fsp3) is 0.189. The number of aromatic nitrogens is 2. The highest BCUT2D eigenvalue weighted by Crippen LogP contribution is 2.42. The zero-order valence-electron chi connectivity index (χ0n) is 25.5. The number of Topliss-reactive ketones (excluding diaryl/α,β-unsaturated/α-hetero) is 1. The summed E-state index contributed by atoms with van der Waals surface area (Å²) in [7, 11) is 1.78. The van der Waals surface area contributed by atoms with Gasteiger partial charge in [0.15, 0.2) is 5.78 Å². The molecule has 6 rings (SSSR count). The van der Waals surface area contributed by atoms with Crippen LogP contribution >= 0.6 is 0 Å². The lowest BCUT2D eigenvalue weighted by Crippen LogP contribution is -2.49. The number of fused-ring (bicyclic) bond motifs is 1. The van der Waals surface area contributed by atoms with Gasteiger partial charge in [0.05, 0.1) is 6.42 Å². The average molecular weight is 614 g/mol. The molecular formula is C37H35N5O4. The summed E-state index contributed by atoms with van der Waals surface area (Å²) in [5.41, 5.74) is 4.62. The first-order valence-electron chi connectivity index (χ1n) is 15.2. The first-order chi connectivity index (χ1) is 22.4. The van der Waals surface area contributed by atoms with Crippen molar-refractivity contribution >= 4 is 29.3 Å². The van der Waals surface area contributed by atoms with Crippen molar-refractivity contribution in [2.45, 2.75) is 31.0 Å². The van der Waals surface area contributed by atoms with Gasteiger partial charge in [0.1, 0.15) is 11.6 Å². The van der Waals surface area contributed by atoms with Crippen LogP contribution in [0.1, 0.15) is 45.5 Å². The predicted octanol–water partition coefficient (Wildman–Crippen LogP) is 5.32. The van der Waals surface area contributed by atoms with Crippen LogP contribution in [0.3, 0.4) is 0 Å². The number of likely N-dealkylation sites (N-methyl/N-ethyl adjacent to an activating group) is 1. The highest BCUT2D eigenvalue weighted by molar-refractivity contribution is 6.07. The fourth-order valence-corrected chi connectivity index (χ4v) is 6.33. The second kappa shape index (κ2) is 13.1. The predicted molar refractivity (Wildman–Crippen MR) is 177 cm³/mol.